The summed E-state index contributed by atoms with van der Waals surface area (Å²) in [6.07, 6.45) is 0. The molecule has 0 saturated heterocycles. The number of rotatable bonds is 9. The van der Waals surface area contributed by atoms with Gasteiger partial charge in [-0.05, 0) is 61.0 Å². The first-order chi connectivity index (χ1) is 17.4. The monoisotopic (exact) mass is 488 g/mol. The van der Waals surface area contributed by atoms with Gasteiger partial charge in [0.25, 0.3) is 0 Å². The Hall–Kier alpha value is -4.59. The average Bonchev–Trinajstić information content (AvgIpc) is 2.91. The van der Waals surface area contributed by atoms with Gasteiger partial charge in [0.2, 0.25) is 11.2 Å². The third kappa shape index (κ3) is 5.07. The molecule has 184 valence electrons. The Morgan fingerprint density at radius 1 is 0.833 bits per heavy atom. The van der Waals surface area contributed by atoms with Crippen LogP contribution in [0.15, 0.2) is 75.9 Å². The quantitative estimate of drug-likeness (QED) is 0.242. The van der Waals surface area contributed by atoms with Crippen LogP contribution in [0.4, 0.5) is 0 Å². The average molecular weight is 488 g/mol. The summed E-state index contributed by atoms with van der Waals surface area (Å²) in [4.78, 5) is 38.6. The largest absolute Gasteiger partial charge is 0.497 e. The van der Waals surface area contributed by atoms with Crippen molar-refractivity contribution < 1.29 is 33.0 Å². The van der Waals surface area contributed by atoms with Crippen LogP contribution in [0.1, 0.15) is 27.8 Å². The second kappa shape index (κ2) is 10.8. The minimum Gasteiger partial charge on any atom is -0.497 e. The number of fused-ring (bicyclic) bond motifs is 1. The molecule has 0 bridgehead atoms. The van der Waals surface area contributed by atoms with Crippen molar-refractivity contribution in [1.29, 1.82) is 0 Å². The van der Waals surface area contributed by atoms with Crippen LogP contribution in [0.25, 0.3) is 22.1 Å². The zero-order valence-electron chi connectivity index (χ0n) is 20.0. The number of ketones is 1. The van der Waals surface area contributed by atoms with E-state index >= 15 is 0 Å². The summed E-state index contributed by atoms with van der Waals surface area (Å²) >= 11 is 0. The lowest BCUT2D eigenvalue weighted by Crippen LogP contribution is -2.15. The normalized spacial score (nSPS) is 10.6. The molecule has 8 heteroatoms. The van der Waals surface area contributed by atoms with Crippen molar-refractivity contribution in [2.24, 2.45) is 0 Å². The van der Waals surface area contributed by atoms with Crippen LogP contribution in [-0.4, -0.2) is 39.2 Å². The molecule has 0 aliphatic carbocycles. The van der Waals surface area contributed by atoms with Crippen LogP contribution in [-0.2, 0) is 4.74 Å². The second-order valence-electron chi connectivity index (χ2n) is 7.68. The molecule has 8 nitrogen and oxygen atoms in total. The maximum absolute atomic E-state index is 13.4. The van der Waals surface area contributed by atoms with E-state index in [0.717, 1.165) is 0 Å². The van der Waals surface area contributed by atoms with Gasteiger partial charge >= 0.3 is 5.97 Å². The van der Waals surface area contributed by atoms with Crippen molar-refractivity contribution in [2.75, 3.05) is 27.4 Å². The number of benzene rings is 3. The zero-order valence-corrected chi connectivity index (χ0v) is 20.0. The molecule has 4 aromatic rings. The summed E-state index contributed by atoms with van der Waals surface area (Å²) in [5.41, 5.74) is 0.781. The molecule has 0 N–H and O–H groups in total. The molecule has 36 heavy (non-hydrogen) atoms. The standard InChI is InChI=1S/C28H24O8/c1-4-34-28(31)27-25(18-7-11-20(33-3)12-8-18)26(30)22-14-13-21(15-24(22)36-27)35-16-23(29)17-5-9-19(32-2)10-6-17/h5-15H,4,16H2,1-3H3. The summed E-state index contributed by atoms with van der Waals surface area (Å²) in [6, 6.07) is 18.0. The molecule has 0 atom stereocenters. The Morgan fingerprint density at radius 2 is 1.44 bits per heavy atom. The Labute approximate surface area is 207 Å². The number of Topliss-reactive ketones (excluding diaryl/α,β-unsaturated/α-hetero) is 1. The lowest BCUT2D eigenvalue weighted by Gasteiger charge is -2.11. The predicted molar refractivity (Wildman–Crippen MR) is 133 cm³/mol. The number of ether oxygens (including phenoxy) is 4. The molecule has 0 radical (unpaired) electrons. The van der Waals surface area contributed by atoms with Gasteiger partial charge in [-0.2, -0.15) is 0 Å². The summed E-state index contributed by atoms with van der Waals surface area (Å²) in [6.45, 7) is 1.55. The minimum absolute atomic E-state index is 0.0898. The Bertz CT molecular complexity index is 1450. The van der Waals surface area contributed by atoms with Crippen LogP contribution in [0.5, 0.6) is 17.2 Å². The van der Waals surface area contributed by atoms with Gasteiger partial charge in [-0.1, -0.05) is 12.1 Å². The van der Waals surface area contributed by atoms with E-state index in [-0.39, 0.29) is 41.3 Å². The van der Waals surface area contributed by atoms with Crippen LogP contribution < -0.4 is 19.6 Å². The minimum atomic E-state index is -0.761. The Kier molecular flexibility index (Phi) is 7.34. The van der Waals surface area contributed by atoms with Gasteiger partial charge in [-0.15, -0.1) is 0 Å². The van der Waals surface area contributed by atoms with Crippen molar-refractivity contribution in [1.82, 2.24) is 0 Å². The first-order valence-electron chi connectivity index (χ1n) is 11.2. The molecule has 4 rings (SSSR count). The fourth-order valence-corrected chi connectivity index (χ4v) is 3.63. The Balaban J connectivity index is 1.68. The van der Waals surface area contributed by atoms with E-state index in [0.29, 0.717) is 28.4 Å². The number of hydrogen-bond donors (Lipinski definition) is 0. The number of methoxy groups -OCH3 is 2. The van der Waals surface area contributed by atoms with E-state index in [1.807, 2.05) is 0 Å². The summed E-state index contributed by atoms with van der Waals surface area (Å²) in [7, 11) is 3.08. The third-order valence-electron chi connectivity index (χ3n) is 5.49. The van der Waals surface area contributed by atoms with Gasteiger partial charge in [-0.25, -0.2) is 4.79 Å². The smallest absolute Gasteiger partial charge is 0.375 e. The number of hydrogen-bond acceptors (Lipinski definition) is 8. The predicted octanol–water partition coefficient (Wildman–Crippen LogP) is 4.92. The highest BCUT2D eigenvalue weighted by Crippen LogP contribution is 2.29. The van der Waals surface area contributed by atoms with Crippen LogP contribution >= 0.6 is 0 Å². The van der Waals surface area contributed by atoms with Crippen LogP contribution in [0.2, 0.25) is 0 Å². The van der Waals surface area contributed by atoms with E-state index < -0.39 is 11.4 Å². The molecule has 0 fully saturated rings. The summed E-state index contributed by atoms with van der Waals surface area (Å²) in [5, 5.41) is 0.252. The highest BCUT2D eigenvalue weighted by molar-refractivity contribution is 5.98. The zero-order chi connectivity index (χ0) is 25.7. The molecular weight excluding hydrogens is 464 g/mol. The van der Waals surface area contributed by atoms with E-state index in [9.17, 15) is 14.4 Å². The van der Waals surface area contributed by atoms with Crippen molar-refractivity contribution in [3.05, 3.63) is 88.3 Å². The van der Waals surface area contributed by atoms with Gasteiger partial charge in [0.15, 0.2) is 12.4 Å². The highest BCUT2D eigenvalue weighted by atomic mass is 16.5. The molecule has 0 saturated carbocycles. The summed E-state index contributed by atoms with van der Waals surface area (Å²) in [5.74, 6) is 0.339. The van der Waals surface area contributed by atoms with Gasteiger partial charge in [0.1, 0.15) is 22.8 Å². The topological polar surface area (TPSA) is 101 Å². The van der Waals surface area contributed by atoms with Crippen molar-refractivity contribution in [3.8, 4) is 28.4 Å². The maximum Gasteiger partial charge on any atom is 0.375 e. The van der Waals surface area contributed by atoms with E-state index in [4.69, 9.17) is 23.4 Å². The maximum atomic E-state index is 13.4. The summed E-state index contributed by atoms with van der Waals surface area (Å²) < 4.78 is 26.9. The molecular formula is C28H24O8. The van der Waals surface area contributed by atoms with Crippen molar-refractivity contribution in [2.45, 2.75) is 6.92 Å². The van der Waals surface area contributed by atoms with Crippen LogP contribution in [0.3, 0.4) is 0 Å². The first-order valence-corrected chi connectivity index (χ1v) is 11.2. The van der Waals surface area contributed by atoms with Gasteiger partial charge in [-0.3, -0.25) is 9.59 Å². The SMILES string of the molecule is CCOC(=O)c1oc2cc(OCC(=O)c3ccc(OC)cc3)ccc2c(=O)c1-c1ccc(OC)cc1. The lowest BCUT2D eigenvalue weighted by atomic mass is 10.0. The molecule has 0 unspecified atom stereocenters. The van der Waals surface area contributed by atoms with Crippen molar-refractivity contribution in [3.63, 3.8) is 0 Å². The van der Waals surface area contributed by atoms with Gasteiger partial charge in [0.05, 0.1) is 31.8 Å². The molecule has 3 aromatic carbocycles. The van der Waals surface area contributed by atoms with Crippen molar-refractivity contribution >= 4 is 22.7 Å². The fourth-order valence-electron chi connectivity index (χ4n) is 3.63. The molecule has 0 aliphatic heterocycles. The number of carbonyl (C=O) groups excluding carboxylic acids is 2. The lowest BCUT2D eigenvalue weighted by molar-refractivity contribution is 0.0492. The molecule has 1 heterocycles. The molecule has 0 spiro atoms. The molecule has 1 aromatic heterocycles. The fraction of sp³-hybridized carbons (Fsp3) is 0.179. The molecule has 0 aliphatic rings. The third-order valence-corrected chi connectivity index (χ3v) is 5.49. The van der Waals surface area contributed by atoms with E-state index in [2.05, 4.69) is 0 Å². The van der Waals surface area contributed by atoms with E-state index in [1.54, 1.807) is 68.6 Å². The Morgan fingerprint density at radius 3 is 2.06 bits per heavy atom. The van der Waals surface area contributed by atoms with Gasteiger partial charge < -0.3 is 23.4 Å². The number of esters is 1. The van der Waals surface area contributed by atoms with E-state index in [1.165, 1.54) is 19.2 Å². The molecule has 0 amide bonds. The van der Waals surface area contributed by atoms with Gasteiger partial charge in [0, 0.05) is 11.6 Å². The number of carbonyl (C=O) groups is 2. The first kappa shape index (κ1) is 24.5. The highest BCUT2D eigenvalue weighted by Gasteiger charge is 2.23. The second-order valence-corrected chi connectivity index (χ2v) is 7.68. The van der Waals surface area contributed by atoms with Crippen LogP contribution in [0, 0.1) is 0 Å².